The summed E-state index contributed by atoms with van der Waals surface area (Å²) in [6, 6.07) is 5.25. The average molecular weight is 522 g/mol. The first kappa shape index (κ1) is 27.0. The van der Waals surface area contributed by atoms with Crippen LogP contribution in [0.2, 0.25) is 0 Å². The Morgan fingerprint density at radius 2 is 2.03 bits per heavy atom. The van der Waals surface area contributed by atoms with E-state index in [4.69, 9.17) is 15.9 Å². The number of fused-ring (bicyclic) bond motifs is 1. The van der Waals surface area contributed by atoms with Crippen LogP contribution in [0.15, 0.2) is 42.7 Å². The number of nitrogens with one attached hydrogen (secondary N) is 2. The third kappa shape index (κ3) is 6.43. The lowest BCUT2D eigenvalue weighted by atomic mass is 10.1. The molecule has 3 aromatic rings. The zero-order valence-corrected chi connectivity index (χ0v) is 21.3. The Balaban J connectivity index is 1.68. The van der Waals surface area contributed by atoms with Gasteiger partial charge in [0.25, 0.3) is 0 Å². The molecule has 2 N–H and O–H groups in total. The summed E-state index contributed by atoms with van der Waals surface area (Å²) >= 11 is 0. The smallest absolute Gasteiger partial charge is 0.248 e. The first-order valence-electron chi connectivity index (χ1n) is 12.4. The van der Waals surface area contributed by atoms with E-state index in [0.717, 1.165) is 13.1 Å². The summed E-state index contributed by atoms with van der Waals surface area (Å²) in [6.45, 7) is 7.54. The van der Waals surface area contributed by atoms with Gasteiger partial charge in [0, 0.05) is 36.6 Å². The number of aromatic nitrogens is 2. The molecule has 1 aliphatic rings. The second-order valence-corrected chi connectivity index (χ2v) is 8.65. The highest BCUT2D eigenvalue weighted by Crippen LogP contribution is 2.35. The number of amides is 1. The maximum atomic E-state index is 14.5. The molecule has 1 aliphatic heterocycles. The Labute approximate surface area is 220 Å². The molecule has 10 heteroatoms. The lowest BCUT2D eigenvalue weighted by molar-refractivity contribution is -0.111. The van der Waals surface area contributed by atoms with Crippen molar-refractivity contribution in [2.45, 2.75) is 26.4 Å². The summed E-state index contributed by atoms with van der Waals surface area (Å²) in [5, 5.41) is 6.22. The molecular weight excluding hydrogens is 492 g/mol. The summed E-state index contributed by atoms with van der Waals surface area (Å²) in [7, 11) is 0. The molecule has 198 valence electrons. The van der Waals surface area contributed by atoms with Crippen molar-refractivity contribution >= 4 is 34.0 Å². The number of rotatable bonds is 10. The van der Waals surface area contributed by atoms with E-state index in [0.29, 0.717) is 54.6 Å². The summed E-state index contributed by atoms with van der Waals surface area (Å²) in [6.07, 6.45) is 10.5. The molecule has 1 amide bonds. The van der Waals surface area contributed by atoms with Crippen LogP contribution < -0.4 is 15.4 Å². The third-order valence-corrected chi connectivity index (χ3v) is 6.17. The van der Waals surface area contributed by atoms with E-state index in [1.807, 2.05) is 0 Å². The van der Waals surface area contributed by atoms with E-state index >= 15 is 0 Å². The van der Waals surface area contributed by atoms with Crippen LogP contribution in [0.5, 0.6) is 5.75 Å². The van der Waals surface area contributed by atoms with E-state index < -0.39 is 11.6 Å². The molecule has 1 fully saturated rings. The summed E-state index contributed by atoms with van der Waals surface area (Å²) in [4.78, 5) is 23.5. The van der Waals surface area contributed by atoms with Gasteiger partial charge < -0.3 is 25.0 Å². The van der Waals surface area contributed by atoms with Gasteiger partial charge in [-0.2, -0.15) is 0 Å². The number of carbonyl (C=O) groups is 1. The summed E-state index contributed by atoms with van der Waals surface area (Å²) in [5.74, 6) is 0.855. The van der Waals surface area contributed by atoms with Crippen molar-refractivity contribution in [2.75, 3.05) is 43.5 Å². The Bertz CT molecular complexity index is 1380. The fraction of sp³-hybridized carbons (Fsp3) is 0.321. The highest BCUT2D eigenvalue weighted by Gasteiger charge is 2.21. The number of carbonyl (C=O) groups excluding carboxylic acids is 1. The number of hydrogen-bond acceptors (Lipinski definition) is 7. The minimum Gasteiger partial charge on any atom is -0.486 e. The van der Waals surface area contributed by atoms with Gasteiger partial charge in [0.1, 0.15) is 35.6 Å². The SMILES string of the molecule is C#Cc1cc(Nc2ncnc3cc(O[C@H]4CCOC4)c(NC(=O)C=CCN(CC)CC)cc23)c(F)cc1F. The van der Waals surface area contributed by atoms with Crippen LogP contribution in [0.1, 0.15) is 25.8 Å². The Kier molecular flexibility index (Phi) is 8.84. The number of ether oxygens (including phenoxy) is 2. The maximum absolute atomic E-state index is 14.5. The monoisotopic (exact) mass is 521 g/mol. The molecule has 0 spiro atoms. The van der Waals surface area contributed by atoms with Gasteiger partial charge in [0.15, 0.2) is 0 Å². The van der Waals surface area contributed by atoms with E-state index in [1.54, 1.807) is 18.2 Å². The number of terminal acetylenes is 1. The maximum Gasteiger partial charge on any atom is 0.248 e. The van der Waals surface area contributed by atoms with E-state index in [9.17, 15) is 13.6 Å². The minimum absolute atomic E-state index is 0.0484. The number of hydrogen-bond donors (Lipinski definition) is 2. The topological polar surface area (TPSA) is 88.6 Å². The molecule has 0 saturated carbocycles. The van der Waals surface area contributed by atoms with Gasteiger partial charge in [-0.3, -0.25) is 4.79 Å². The van der Waals surface area contributed by atoms with Crippen molar-refractivity contribution in [3.8, 4) is 18.1 Å². The highest BCUT2D eigenvalue weighted by atomic mass is 19.1. The molecule has 0 radical (unpaired) electrons. The second-order valence-electron chi connectivity index (χ2n) is 8.65. The fourth-order valence-electron chi connectivity index (χ4n) is 4.01. The standard InChI is InChI=1S/C28H29F2N5O3/c1-4-18-12-24(22(30)14-21(18)29)34-28-20-13-25(33-27(36)8-7-10-35(5-2)6-3)26(15-23(20)31-17-32-28)38-19-9-11-37-16-19/h1,7-8,12-15,17,19H,5-6,9-11,16H2,2-3H3,(H,33,36)(H,31,32,34)/t19-/m0/s1. The predicted molar refractivity (Wildman–Crippen MR) is 143 cm³/mol. The Morgan fingerprint density at radius 1 is 1.21 bits per heavy atom. The minimum atomic E-state index is -0.833. The molecule has 0 aliphatic carbocycles. The molecule has 2 aromatic carbocycles. The van der Waals surface area contributed by atoms with Crippen molar-refractivity contribution in [2.24, 2.45) is 0 Å². The molecule has 1 saturated heterocycles. The van der Waals surface area contributed by atoms with Crippen LogP contribution in [0.25, 0.3) is 10.9 Å². The largest absolute Gasteiger partial charge is 0.486 e. The van der Waals surface area contributed by atoms with Crippen LogP contribution in [-0.2, 0) is 9.53 Å². The molecule has 2 heterocycles. The first-order valence-corrected chi connectivity index (χ1v) is 12.4. The van der Waals surface area contributed by atoms with Gasteiger partial charge in [-0.1, -0.05) is 25.8 Å². The number of likely N-dealkylation sites (N-methyl/N-ethyl adjacent to an activating group) is 1. The van der Waals surface area contributed by atoms with E-state index in [1.165, 1.54) is 18.5 Å². The zero-order chi connectivity index (χ0) is 27.1. The van der Waals surface area contributed by atoms with Crippen LogP contribution in [0, 0.1) is 24.0 Å². The van der Waals surface area contributed by atoms with E-state index in [-0.39, 0.29) is 29.1 Å². The fourth-order valence-corrected chi connectivity index (χ4v) is 4.01. The van der Waals surface area contributed by atoms with Crippen LogP contribution in [0.3, 0.4) is 0 Å². The zero-order valence-electron chi connectivity index (χ0n) is 21.3. The van der Waals surface area contributed by atoms with E-state index in [2.05, 4.69) is 45.3 Å². The van der Waals surface area contributed by atoms with Crippen molar-refractivity contribution < 1.29 is 23.0 Å². The molecular formula is C28H29F2N5O3. The molecule has 1 atom stereocenters. The lowest BCUT2D eigenvalue weighted by Crippen LogP contribution is -2.23. The predicted octanol–water partition coefficient (Wildman–Crippen LogP) is 4.64. The Hall–Kier alpha value is -4.07. The van der Waals surface area contributed by atoms with Crippen molar-refractivity contribution in [1.29, 1.82) is 0 Å². The van der Waals surface area contributed by atoms with Gasteiger partial charge in [0.2, 0.25) is 5.91 Å². The van der Waals surface area contributed by atoms with Crippen LogP contribution >= 0.6 is 0 Å². The van der Waals surface area contributed by atoms with Crippen molar-refractivity contribution in [3.63, 3.8) is 0 Å². The third-order valence-electron chi connectivity index (χ3n) is 6.17. The van der Waals surface area contributed by atoms with Crippen molar-refractivity contribution in [1.82, 2.24) is 14.9 Å². The van der Waals surface area contributed by atoms with Gasteiger partial charge >= 0.3 is 0 Å². The van der Waals surface area contributed by atoms with Gasteiger partial charge in [0.05, 0.1) is 35.7 Å². The van der Waals surface area contributed by atoms with Gasteiger partial charge in [-0.15, -0.1) is 6.42 Å². The number of benzene rings is 2. The van der Waals surface area contributed by atoms with Gasteiger partial charge in [-0.05, 0) is 25.2 Å². The summed E-state index contributed by atoms with van der Waals surface area (Å²) < 4.78 is 39.9. The normalized spacial score (nSPS) is 15.2. The molecule has 1 aromatic heterocycles. The molecule has 38 heavy (non-hydrogen) atoms. The quantitative estimate of drug-likeness (QED) is 0.297. The van der Waals surface area contributed by atoms with Crippen LogP contribution in [-0.4, -0.2) is 59.7 Å². The van der Waals surface area contributed by atoms with Crippen LogP contribution in [0.4, 0.5) is 26.0 Å². The average Bonchev–Trinajstić information content (AvgIpc) is 3.42. The Morgan fingerprint density at radius 3 is 2.74 bits per heavy atom. The molecule has 4 rings (SSSR count). The number of nitrogens with zero attached hydrogens (tertiary/aromatic N) is 3. The molecule has 0 unspecified atom stereocenters. The van der Waals surface area contributed by atoms with Crippen molar-refractivity contribution in [3.05, 3.63) is 59.9 Å². The molecule has 0 bridgehead atoms. The number of anilines is 3. The van der Waals surface area contributed by atoms with Gasteiger partial charge in [-0.25, -0.2) is 18.7 Å². The number of halogens is 2. The highest BCUT2D eigenvalue weighted by molar-refractivity contribution is 6.03. The lowest BCUT2D eigenvalue weighted by Gasteiger charge is -2.18. The molecule has 8 nitrogen and oxygen atoms in total. The first-order chi connectivity index (χ1) is 18.4. The summed E-state index contributed by atoms with van der Waals surface area (Å²) in [5.41, 5.74) is 0.744. The second kappa shape index (κ2) is 12.4.